The summed E-state index contributed by atoms with van der Waals surface area (Å²) in [5.74, 6) is -0.877. The number of carbonyl (C=O) groups excluding carboxylic acids is 2. The second kappa shape index (κ2) is 9.26. The lowest BCUT2D eigenvalue weighted by atomic mass is 10.1. The molecule has 3 aromatic rings. The van der Waals surface area contributed by atoms with Crippen molar-refractivity contribution in [3.8, 4) is 18.0 Å². The molecule has 30 heavy (non-hydrogen) atoms. The fourth-order valence-electron chi connectivity index (χ4n) is 2.98. The van der Waals surface area contributed by atoms with Crippen molar-refractivity contribution in [1.29, 1.82) is 10.5 Å². The smallest absolute Gasteiger partial charge is 0.343 e. The molecule has 0 aliphatic heterocycles. The number of aromatic nitrogens is 1. The maximum atomic E-state index is 12.7. The van der Waals surface area contributed by atoms with Gasteiger partial charge in [-0.05, 0) is 31.2 Å². The molecule has 150 valence electrons. The molecule has 0 bridgehead atoms. The van der Waals surface area contributed by atoms with Gasteiger partial charge in [-0.25, -0.2) is 4.79 Å². The molecule has 2 heterocycles. The number of carbonyl (C=O) groups is 2. The van der Waals surface area contributed by atoms with E-state index in [1.807, 2.05) is 18.2 Å². The monoisotopic (exact) mass is 402 g/mol. The molecule has 1 aromatic carbocycles. The van der Waals surface area contributed by atoms with Crippen molar-refractivity contribution in [2.75, 3.05) is 18.1 Å². The summed E-state index contributed by atoms with van der Waals surface area (Å²) in [5, 5.41) is 18.4. The van der Waals surface area contributed by atoms with Crippen molar-refractivity contribution >= 4 is 17.6 Å². The van der Waals surface area contributed by atoms with E-state index in [1.54, 1.807) is 60.3 Å². The molecular weight excluding hydrogens is 384 g/mol. The zero-order valence-electron chi connectivity index (χ0n) is 16.2. The lowest BCUT2D eigenvalue weighted by molar-refractivity contribution is -0.121. The molecule has 0 aliphatic rings. The number of anilines is 1. The maximum absolute atomic E-state index is 12.7. The molecule has 0 aliphatic carbocycles. The normalized spacial score (nSPS) is 10.1. The molecule has 0 N–H and O–H groups in total. The number of furan rings is 1. The molecule has 0 fully saturated rings. The number of hydrogen-bond acceptors (Lipinski definition) is 6. The molecule has 2 aromatic heterocycles. The Labute approximate surface area is 173 Å². The van der Waals surface area contributed by atoms with Gasteiger partial charge in [0.25, 0.3) is 5.91 Å². The van der Waals surface area contributed by atoms with E-state index in [4.69, 9.17) is 14.4 Å². The summed E-state index contributed by atoms with van der Waals surface area (Å²) in [5.41, 5.74) is 0.615. The van der Waals surface area contributed by atoms with Gasteiger partial charge in [0, 0.05) is 24.6 Å². The van der Waals surface area contributed by atoms with E-state index < -0.39 is 18.5 Å². The Hall–Kier alpha value is -4.30. The highest BCUT2D eigenvalue weighted by Crippen LogP contribution is 2.26. The molecular formula is C22H18N4O4. The lowest BCUT2D eigenvalue weighted by Crippen LogP contribution is -2.35. The molecule has 0 saturated heterocycles. The summed E-state index contributed by atoms with van der Waals surface area (Å²) in [4.78, 5) is 26.7. The first-order valence-corrected chi connectivity index (χ1v) is 9.13. The van der Waals surface area contributed by atoms with Gasteiger partial charge in [0.15, 0.2) is 6.61 Å². The van der Waals surface area contributed by atoms with Crippen molar-refractivity contribution < 1.29 is 18.7 Å². The van der Waals surface area contributed by atoms with Crippen molar-refractivity contribution in [3.05, 3.63) is 71.7 Å². The largest absolute Gasteiger partial charge is 0.452 e. The van der Waals surface area contributed by atoms with Crippen molar-refractivity contribution in [2.45, 2.75) is 13.3 Å². The summed E-state index contributed by atoms with van der Waals surface area (Å²) in [6.07, 6.45) is 3.50. The fraction of sp³-hybridized carbons (Fsp3) is 0.182. The van der Waals surface area contributed by atoms with Gasteiger partial charge < -0.3 is 14.1 Å². The van der Waals surface area contributed by atoms with Crippen LogP contribution in [0.25, 0.3) is 5.88 Å². The van der Waals surface area contributed by atoms with E-state index in [0.717, 1.165) is 0 Å². The van der Waals surface area contributed by atoms with E-state index >= 15 is 0 Å². The fourth-order valence-corrected chi connectivity index (χ4v) is 2.98. The van der Waals surface area contributed by atoms with Crippen LogP contribution in [0.4, 0.5) is 5.69 Å². The van der Waals surface area contributed by atoms with Gasteiger partial charge in [0.05, 0.1) is 12.5 Å². The van der Waals surface area contributed by atoms with Gasteiger partial charge in [-0.15, -0.1) is 0 Å². The number of amides is 1. The Morgan fingerprint density at radius 2 is 1.83 bits per heavy atom. The highest BCUT2D eigenvalue weighted by Gasteiger charge is 2.27. The minimum absolute atomic E-state index is 0.0164. The van der Waals surface area contributed by atoms with Crippen LogP contribution in [0.2, 0.25) is 0 Å². The number of ether oxygens (including phenoxy) is 1. The molecule has 3 rings (SSSR count). The topological polar surface area (TPSA) is 112 Å². The van der Waals surface area contributed by atoms with Crippen LogP contribution in [0.3, 0.4) is 0 Å². The molecule has 0 saturated carbocycles. The molecule has 0 radical (unpaired) electrons. The van der Waals surface area contributed by atoms with E-state index in [0.29, 0.717) is 5.69 Å². The van der Waals surface area contributed by atoms with Crippen LogP contribution in [0.5, 0.6) is 0 Å². The predicted octanol–water partition coefficient (Wildman–Crippen LogP) is 3.35. The number of hydrogen-bond donors (Lipinski definition) is 0. The van der Waals surface area contributed by atoms with Gasteiger partial charge >= 0.3 is 5.97 Å². The number of nitriles is 2. The van der Waals surface area contributed by atoms with Crippen LogP contribution in [0.1, 0.15) is 28.1 Å². The first-order chi connectivity index (χ1) is 14.6. The molecule has 0 atom stereocenters. The second-order valence-electron chi connectivity index (χ2n) is 6.28. The first-order valence-electron chi connectivity index (χ1n) is 9.13. The van der Waals surface area contributed by atoms with Crippen LogP contribution < -0.4 is 4.90 Å². The van der Waals surface area contributed by atoms with Crippen LogP contribution >= 0.6 is 0 Å². The summed E-state index contributed by atoms with van der Waals surface area (Å²) in [6.45, 7) is 1.19. The standard InChI is InChI=1S/C22H18N4O4/c1-16-20(18(14-24)21(30-16)25-11-5-6-12-25)22(28)29-15-19(27)26(13-7-10-23)17-8-3-2-4-9-17/h2-6,8-9,11-12H,7,13,15H2,1H3. The van der Waals surface area contributed by atoms with Crippen molar-refractivity contribution in [1.82, 2.24) is 4.57 Å². The predicted molar refractivity (Wildman–Crippen MR) is 107 cm³/mol. The number of nitrogens with zero attached hydrogens (tertiary/aromatic N) is 4. The molecule has 0 unspecified atom stereocenters. The molecule has 0 spiro atoms. The Kier molecular flexibility index (Phi) is 6.31. The highest BCUT2D eigenvalue weighted by molar-refractivity contribution is 5.98. The Morgan fingerprint density at radius 3 is 2.47 bits per heavy atom. The first kappa shape index (κ1) is 20.4. The lowest BCUT2D eigenvalue weighted by Gasteiger charge is -2.21. The third-order valence-electron chi connectivity index (χ3n) is 4.36. The summed E-state index contributed by atoms with van der Waals surface area (Å²) < 4.78 is 12.4. The molecule has 8 nitrogen and oxygen atoms in total. The van der Waals surface area contributed by atoms with Gasteiger partial charge in [-0.1, -0.05) is 18.2 Å². The van der Waals surface area contributed by atoms with Gasteiger partial charge in [-0.3, -0.25) is 9.36 Å². The van der Waals surface area contributed by atoms with Crippen molar-refractivity contribution in [3.63, 3.8) is 0 Å². The Bertz CT molecular complexity index is 1120. The number of aryl methyl sites for hydroxylation is 1. The van der Waals surface area contributed by atoms with Crippen LogP contribution in [0.15, 0.2) is 59.3 Å². The minimum Gasteiger partial charge on any atom is -0.452 e. The third-order valence-corrected chi connectivity index (χ3v) is 4.36. The number of esters is 1. The quantitative estimate of drug-likeness (QED) is 0.560. The van der Waals surface area contributed by atoms with Gasteiger partial charge in [0.2, 0.25) is 5.88 Å². The third kappa shape index (κ3) is 4.23. The highest BCUT2D eigenvalue weighted by atomic mass is 16.5. The van der Waals surface area contributed by atoms with E-state index in [1.165, 1.54) is 4.90 Å². The zero-order chi connectivity index (χ0) is 21.5. The van der Waals surface area contributed by atoms with Crippen molar-refractivity contribution in [2.24, 2.45) is 0 Å². The summed E-state index contributed by atoms with van der Waals surface area (Å²) in [7, 11) is 0. The Balaban J connectivity index is 1.77. The number of rotatable bonds is 7. The van der Waals surface area contributed by atoms with Gasteiger partial charge in [0.1, 0.15) is 23.0 Å². The summed E-state index contributed by atoms with van der Waals surface area (Å²) in [6, 6.07) is 16.3. The van der Waals surface area contributed by atoms with Gasteiger partial charge in [-0.2, -0.15) is 10.5 Å². The van der Waals surface area contributed by atoms with E-state index in [9.17, 15) is 14.9 Å². The number of para-hydroxylation sites is 1. The average Bonchev–Trinajstić information content (AvgIpc) is 3.40. The zero-order valence-corrected chi connectivity index (χ0v) is 16.2. The average molecular weight is 402 g/mol. The van der Waals surface area contributed by atoms with Crippen LogP contribution in [0, 0.1) is 29.6 Å². The maximum Gasteiger partial charge on any atom is 0.343 e. The minimum atomic E-state index is -0.826. The number of benzene rings is 1. The van der Waals surface area contributed by atoms with E-state index in [-0.39, 0.29) is 35.7 Å². The Morgan fingerprint density at radius 1 is 1.13 bits per heavy atom. The molecule has 8 heteroatoms. The van der Waals surface area contributed by atoms with Crippen LogP contribution in [-0.4, -0.2) is 29.6 Å². The van der Waals surface area contributed by atoms with E-state index in [2.05, 4.69) is 0 Å². The van der Waals surface area contributed by atoms with Crippen LogP contribution in [-0.2, 0) is 9.53 Å². The SMILES string of the molecule is Cc1oc(-n2cccc2)c(C#N)c1C(=O)OCC(=O)N(CCC#N)c1ccccc1. The second-order valence-corrected chi connectivity index (χ2v) is 6.28. The summed E-state index contributed by atoms with van der Waals surface area (Å²) >= 11 is 0. The molecule has 1 amide bonds.